The Morgan fingerprint density at radius 1 is 1.47 bits per heavy atom. The molecule has 0 radical (unpaired) electrons. The zero-order valence-electron chi connectivity index (χ0n) is 9.11. The lowest BCUT2D eigenvalue weighted by atomic mass is 10.1. The summed E-state index contributed by atoms with van der Waals surface area (Å²) in [5.41, 5.74) is 3.70. The maximum absolute atomic E-state index is 9.36. The zero-order valence-corrected chi connectivity index (χ0v) is 9.11. The highest BCUT2D eigenvalue weighted by Gasteiger charge is 2.13. The first kappa shape index (κ1) is 10.4. The molecule has 2 rings (SSSR count). The van der Waals surface area contributed by atoms with Gasteiger partial charge in [-0.3, -0.25) is 4.98 Å². The SMILES string of the molecule is CCc1ccc(CC2=CC(O)CC2)nc1. The number of allylic oxidation sites excluding steroid dienone is 1. The van der Waals surface area contributed by atoms with Crippen LogP contribution in [0, 0.1) is 0 Å². The third kappa shape index (κ3) is 2.66. The van der Waals surface area contributed by atoms with Crippen LogP contribution in [-0.2, 0) is 12.8 Å². The largest absolute Gasteiger partial charge is 0.389 e. The molecule has 1 unspecified atom stereocenters. The van der Waals surface area contributed by atoms with Crippen LogP contribution in [0.15, 0.2) is 30.0 Å². The number of aromatic nitrogens is 1. The van der Waals surface area contributed by atoms with Crippen molar-refractivity contribution in [3.05, 3.63) is 41.2 Å². The molecule has 1 N–H and O–H groups in total. The summed E-state index contributed by atoms with van der Waals surface area (Å²) in [6.07, 6.45) is 7.50. The molecule has 2 nitrogen and oxygen atoms in total. The Labute approximate surface area is 90.7 Å². The van der Waals surface area contributed by atoms with Crippen molar-refractivity contribution in [2.45, 2.75) is 38.7 Å². The second-order valence-electron chi connectivity index (χ2n) is 4.12. The van der Waals surface area contributed by atoms with E-state index in [1.807, 2.05) is 12.3 Å². The molecule has 2 heteroatoms. The molecule has 0 spiro atoms. The number of aryl methyl sites for hydroxylation is 1. The minimum atomic E-state index is -0.227. The maximum atomic E-state index is 9.36. The molecular formula is C13H17NO. The predicted molar refractivity (Wildman–Crippen MR) is 60.6 cm³/mol. The normalized spacial score (nSPS) is 20.4. The summed E-state index contributed by atoms with van der Waals surface area (Å²) in [4.78, 5) is 4.42. The van der Waals surface area contributed by atoms with Crippen molar-refractivity contribution in [3.63, 3.8) is 0 Å². The number of aliphatic hydroxyl groups excluding tert-OH is 1. The molecule has 0 aromatic carbocycles. The first-order valence-corrected chi connectivity index (χ1v) is 5.59. The Bertz CT molecular complexity index is 353. The summed E-state index contributed by atoms with van der Waals surface area (Å²) in [6, 6.07) is 4.22. The van der Waals surface area contributed by atoms with Crippen molar-refractivity contribution in [1.82, 2.24) is 4.98 Å². The average molecular weight is 203 g/mol. The molecule has 1 heterocycles. The van der Waals surface area contributed by atoms with E-state index < -0.39 is 0 Å². The number of rotatable bonds is 3. The van der Waals surface area contributed by atoms with E-state index in [-0.39, 0.29) is 6.10 Å². The molecule has 1 aromatic heterocycles. The van der Waals surface area contributed by atoms with Crippen LogP contribution in [0.3, 0.4) is 0 Å². The Balaban J connectivity index is 2.02. The van der Waals surface area contributed by atoms with Gasteiger partial charge < -0.3 is 5.11 Å². The van der Waals surface area contributed by atoms with E-state index in [0.29, 0.717) is 0 Å². The predicted octanol–water partition coefficient (Wildman–Crippen LogP) is 2.27. The molecule has 0 saturated carbocycles. The quantitative estimate of drug-likeness (QED) is 0.764. The minimum Gasteiger partial charge on any atom is -0.389 e. The van der Waals surface area contributed by atoms with Crippen LogP contribution in [0.2, 0.25) is 0 Å². The van der Waals surface area contributed by atoms with Crippen LogP contribution < -0.4 is 0 Å². The van der Waals surface area contributed by atoms with Crippen molar-refractivity contribution in [2.75, 3.05) is 0 Å². The minimum absolute atomic E-state index is 0.227. The van der Waals surface area contributed by atoms with Gasteiger partial charge in [-0.1, -0.05) is 24.6 Å². The molecule has 1 aromatic rings. The summed E-state index contributed by atoms with van der Waals surface area (Å²) in [6.45, 7) is 2.13. The number of hydrogen-bond acceptors (Lipinski definition) is 2. The molecule has 15 heavy (non-hydrogen) atoms. The maximum Gasteiger partial charge on any atom is 0.0726 e. The van der Waals surface area contributed by atoms with Crippen LogP contribution in [0.1, 0.15) is 31.0 Å². The lowest BCUT2D eigenvalue weighted by Crippen LogP contribution is -1.94. The molecule has 1 aliphatic rings. The summed E-state index contributed by atoms with van der Waals surface area (Å²) >= 11 is 0. The Kier molecular flexibility index (Phi) is 3.17. The molecule has 1 atom stereocenters. The van der Waals surface area contributed by atoms with Gasteiger partial charge in [0, 0.05) is 18.3 Å². The fourth-order valence-electron chi connectivity index (χ4n) is 1.92. The van der Waals surface area contributed by atoms with E-state index in [4.69, 9.17) is 0 Å². The van der Waals surface area contributed by atoms with Crippen molar-refractivity contribution < 1.29 is 5.11 Å². The van der Waals surface area contributed by atoms with Gasteiger partial charge in [0.15, 0.2) is 0 Å². The van der Waals surface area contributed by atoms with E-state index in [9.17, 15) is 5.11 Å². The molecular weight excluding hydrogens is 186 g/mol. The monoisotopic (exact) mass is 203 g/mol. The topological polar surface area (TPSA) is 33.1 Å². The zero-order chi connectivity index (χ0) is 10.7. The Hall–Kier alpha value is -1.15. The van der Waals surface area contributed by atoms with Gasteiger partial charge in [0.25, 0.3) is 0 Å². The van der Waals surface area contributed by atoms with Crippen molar-refractivity contribution in [2.24, 2.45) is 0 Å². The van der Waals surface area contributed by atoms with Gasteiger partial charge in [0.05, 0.1) is 6.10 Å². The summed E-state index contributed by atoms with van der Waals surface area (Å²) in [5.74, 6) is 0. The highest BCUT2D eigenvalue weighted by Crippen LogP contribution is 2.21. The molecule has 80 valence electrons. The number of pyridine rings is 1. The lowest BCUT2D eigenvalue weighted by Gasteiger charge is -2.02. The van der Waals surface area contributed by atoms with Gasteiger partial charge in [-0.25, -0.2) is 0 Å². The van der Waals surface area contributed by atoms with Gasteiger partial charge in [0.2, 0.25) is 0 Å². The highest BCUT2D eigenvalue weighted by molar-refractivity contribution is 5.22. The molecule has 0 aliphatic heterocycles. The summed E-state index contributed by atoms with van der Waals surface area (Å²) < 4.78 is 0. The number of nitrogens with zero attached hydrogens (tertiary/aromatic N) is 1. The molecule has 0 saturated heterocycles. The molecule has 0 fully saturated rings. The van der Waals surface area contributed by atoms with Crippen LogP contribution in [0.25, 0.3) is 0 Å². The van der Waals surface area contributed by atoms with E-state index in [2.05, 4.69) is 24.0 Å². The van der Waals surface area contributed by atoms with Gasteiger partial charge in [0.1, 0.15) is 0 Å². The lowest BCUT2D eigenvalue weighted by molar-refractivity contribution is 0.223. The Morgan fingerprint density at radius 2 is 2.33 bits per heavy atom. The van der Waals surface area contributed by atoms with Crippen molar-refractivity contribution in [1.29, 1.82) is 0 Å². The third-order valence-electron chi connectivity index (χ3n) is 2.89. The van der Waals surface area contributed by atoms with Gasteiger partial charge in [-0.15, -0.1) is 0 Å². The van der Waals surface area contributed by atoms with E-state index in [0.717, 1.165) is 31.4 Å². The molecule has 1 aliphatic carbocycles. The fourth-order valence-corrected chi connectivity index (χ4v) is 1.92. The second kappa shape index (κ2) is 4.58. The van der Waals surface area contributed by atoms with Crippen molar-refractivity contribution >= 4 is 0 Å². The van der Waals surface area contributed by atoms with Crippen LogP contribution in [0.4, 0.5) is 0 Å². The van der Waals surface area contributed by atoms with Gasteiger partial charge >= 0.3 is 0 Å². The van der Waals surface area contributed by atoms with Crippen LogP contribution >= 0.6 is 0 Å². The van der Waals surface area contributed by atoms with Crippen LogP contribution in [0.5, 0.6) is 0 Å². The summed E-state index contributed by atoms with van der Waals surface area (Å²) in [5, 5.41) is 9.36. The van der Waals surface area contributed by atoms with E-state index in [1.54, 1.807) is 0 Å². The van der Waals surface area contributed by atoms with Crippen LogP contribution in [-0.4, -0.2) is 16.2 Å². The smallest absolute Gasteiger partial charge is 0.0726 e. The third-order valence-corrected chi connectivity index (χ3v) is 2.89. The first-order valence-electron chi connectivity index (χ1n) is 5.59. The van der Waals surface area contributed by atoms with Crippen molar-refractivity contribution in [3.8, 4) is 0 Å². The van der Waals surface area contributed by atoms with Gasteiger partial charge in [-0.2, -0.15) is 0 Å². The fraction of sp³-hybridized carbons (Fsp3) is 0.462. The highest BCUT2D eigenvalue weighted by atomic mass is 16.3. The summed E-state index contributed by atoms with van der Waals surface area (Å²) in [7, 11) is 0. The standard InChI is InChI=1S/C13H17NO/c1-2-10-3-5-12(14-9-10)7-11-4-6-13(15)8-11/h3,5,8-9,13,15H,2,4,6-7H2,1H3. The Morgan fingerprint density at radius 3 is 2.87 bits per heavy atom. The second-order valence-corrected chi connectivity index (χ2v) is 4.12. The average Bonchev–Trinajstić information content (AvgIpc) is 2.65. The van der Waals surface area contributed by atoms with E-state index >= 15 is 0 Å². The molecule has 0 amide bonds. The van der Waals surface area contributed by atoms with Gasteiger partial charge in [-0.05, 0) is 30.9 Å². The first-order chi connectivity index (χ1) is 7.28. The number of aliphatic hydroxyl groups is 1. The molecule has 0 bridgehead atoms. The number of hydrogen-bond donors (Lipinski definition) is 1. The van der Waals surface area contributed by atoms with E-state index in [1.165, 1.54) is 11.1 Å².